The molecule has 25 heavy (non-hydrogen) atoms. The summed E-state index contributed by atoms with van der Waals surface area (Å²) in [6.07, 6.45) is 2.42. The Labute approximate surface area is 159 Å². The smallest absolute Gasteiger partial charge is 0.193 e. The van der Waals surface area contributed by atoms with Crippen molar-refractivity contribution in [3.8, 4) is 0 Å². The predicted molar refractivity (Wildman–Crippen MR) is 107 cm³/mol. The first-order valence-corrected chi connectivity index (χ1v) is 9.94. The monoisotopic (exact) mass is 408 g/mol. The van der Waals surface area contributed by atoms with E-state index in [4.69, 9.17) is 4.74 Å². The fraction of sp³-hybridized carbons (Fsp3) is 0.632. The van der Waals surface area contributed by atoms with E-state index >= 15 is 0 Å². The molecular formula is C19H29BrN4O. The highest BCUT2D eigenvalue weighted by Gasteiger charge is 2.27. The number of hydrogen-bond donors (Lipinski definition) is 1. The van der Waals surface area contributed by atoms with E-state index in [0.717, 1.165) is 49.8 Å². The van der Waals surface area contributed by atoms with E-state index in [1.807, 2.05) is 7.05 Å². The Kier molecular flexibility index (Phi) is 6.59. The van der Waals surface area contributed by atoms with Crippen LogP contribution in [0.5, 0.6) is 0 Å². The number of halogens is 1. The van der Waals surface area contributed by atoms with Crippen molar-refractivity contribution < 1.29 is 4.74 Å². The van der Waals surface area contributed by atoms with E-state index in [-0.39, 0.29) is 0 Å². The zero-order valence-electron chi connectivity index (χ0n) is 15.2. The third-order valence-electron chi connectivity index (χ3n) is 5.23. The summed E-state index contributed by atoms with van der Waals surface area (Å²) in [5.74, 6) is 2.33. The van der Waals surface area contributed by atoms with Gasteiger partial charge in [0.25, 0.3) is 0 Å². The highest BCUT2D eigenvalue weighted by atomic mass is 79.9. The zero-order valence-corrected chi connectivity index (χ0v) is 16.8. The minimum atomic E-state index is 0.628. The average molecular weight is 409 g/mol. The molecular weight excluding hydrogens is 380 g/mol. The first-order chi connectivity index (χ1) is 12.2. The normalized spacial score (nSPS) is 24.2. The van der Waals surface area contributed by atoms with Crippen LogP contribution in [-0.2, 0) is 4.74 Å². The predicted octanol–water partition coefficient (Wildman–Crippen LogP) is 2.82. The van der Waals surface area contributed by atoms with Gasteiger partial charge in [0, 0.05) is 63.0 Å². The molecule has 1 aromatic rings. The molecule has 0 saturated carbocycles. The first-order valence-electron chi connectivity index (χ1n) is 9.14. The average Bonchev–Trinajstić information content (AvgIpc) is 3.27. The number of rotatable bonds is 5. The molecule has 1 aromatic carbocycles. The van der Waals surface area contributed by atoms with E-state index in [0.29, 0.717) is 11.8 Å². The van der Waals surface area contributed by atoms with Gasteiger partial charge in [-0.25, -0.2) is 0 Å². The molecule has 2 aliphatic rings. The Bertz CT molecular complexity index is 577. The van der Waals surface area contributed by atoms with Gasteiger partial charge in [-0.1, -0.05) is 15.9 Å². The molecule has 0 aromatic heterocycles. The summed E-state index contributed by atoms with van der Waals surface area (Å²) in [6.45, 7) is 6.19. The summed E-state index contributed by atoms with van der Waals surface area (Å²) in [6, 6.07) is 8.62. The van der Waals surface area contributed by atoms with Crippen molar-refractivity contribution in [1.82, 2.24) is 10.2 Å². The molecule has 2 heterocycles. The summed E-state index contributed by atoms with van der Waals surface area (Å²) in [5, 5.41) is 3.60. The third-order valence-corrected chi connectivity index (χ3v) is 5.75. The standard InChI is InChI=1S/C19H29BrN4O/c1-21-19(24-10-8-16(13-24)14-25-2)22-11-15-7-9-23(12-15)18-5-3-17(20)4-6-18/h3-6,15-16H,7-14H2,1-2H3,(H,21,22). The van der Waals surface area contributed by atoms with E-state index in [9.17, 15) is 0 Å². The van der Waals surface area contributed by atoms with Crippen LogP contribution >= 0.6 is 15.9 Å². The molecule has 2 saturated heterocycles. The van der Waals surface area contributed by atoms with E-state index in [2.05, 4.69) is 60.3 Å². The topological polar surface area (TPSA) is 40.1 Å². The zero-order chi connectivity index (χ0) is 17.6. The van der Waals surface area contributed by atoms with Crippen LogP contribution in [0, 0.1) is 11.8 Å². The van der Waals surface area contributed by atoms with Crippen LogP contribution < -0.4 is 10.2 Å². The summed E-state index contributed by atoms with van der Waals surface area (Å²) in [4.78, 5) is 9.33. The number of methoxy groups -OCH3 is 1. The number of hydrogen-bond acceptors (Lipinski definition) is 3. The fourth-order valence-electron chi connectivity index (χ4n) is 3.85. The number of benzene rings is 1. The highest BCUT2D eigenvalue weighted by molar-refractivity contribution is 9.10. The van der Waals surface area contributed by atoms with Gasteiger partial charge in [-0.15, -0.1) is 0 Å². The Morgan fingerprint density at radius 2 is 1.96 bits per heavy atom. The molecule has 2 fully saturated rings. The van der Waals surface area contributed by atoms with Crippen LogP contribution in [0.1, 0.15) is 12.8 Å². The fourth-order valence-corrected chi connectivity index (χ4v) is 4.11. The number of nitrogens with one attached hydrogen (secondary N) is 1. The van der Waals surface area contributed by atoms with E-state index < -0.39 is 0 Å². The number of anilines is 1. The highest BCUT2D eigenvalue weighted by Crippen LogP contribution is 2.25. The van der Waals surface area contributed by atoms with Crippen molar-refractivity contribution in [2.45, 2.75) is 12.8 Å². The summed E-state index contributed by atoms with van der Waals surface area (Å²) in [7, 11) is 3.67. The molecule has 0 amide bonds. The van der Waals surface area contributed by atoms with Crippen molar-refractivity contribution in [3.63, 3.8) is 0 Å². The van der Waals surface area contributed by atoms with Crippen molar-refractivity contribution >= 4 is 27.6 Å². The van der Waals surface area contributed by atoms with Crippen LogP contribution in [0.25, 0.3) is 0 Å². The van der Waals surface area contributed by atoms with E-state index in [1.165, 1.54) is 18.5 Å². The maximum Gasteiger partial charge on any atom is 0.193 e. The molecule has 2 aliphatic heterocycles. The summed E-state index contributed by atoms with van der Waals surface area (Å²) >= 11 is 3.51. The van der Waals surface area contributed by atoms with Gasteiger partial charge in [0.1, 0.15) is 0 Å². The second-order valence-electron chi connectivity index (χ2n) is 7.06. The second kappa shape index (κ2) is 8.90. The molecule has 0 aliphatic carbocycles. The lowest BCUT2D eigenvalue weighted by Crippen LogP contribution is -2.42. The Hall–Kier alpha value is -1.27. The molecule has 1 N–H and O–H groups in total. The van der Waals surface area contributed by atoms with Gasteiger partial charge in [-0.3, -0.25) is 4.99 Å². The van der Waals surface area contributed by atoms with Crippen molar-refractivity contribution in [1.29, 1.82) is 0 Å². The molecule has 2 unspecified atom stereocenters. The van der Waals surface area contributed by atoms with Crippen molar-refractivity contribution in [2.24, 2.45) is 16.8 Å². The van der Waals surface area contributed by atoms with Crippen LogP contribution in [0.15, 0.2) is 33.7 Å². The molecule has 2 atom stereocenters. The second-order valence-corrected chi connectivity index (χ2v) is 7.98. The Morgan fingerprint density at radius 3 is 2.68 bits per heavy atom. The van der Waals surface area contributed by atoms with Crippen LogP contribution in [0.2, 0.25) is 0 Å². The van der Waals surface area contributed by atoms with Gasteiger partial charge in [0.2, 0.25) is 0 Å². The SMILES string of the molecule is CN=C(NCC1CCN(c2ccc(Br)cc2)C1)N1CCC(COC)C1. The van der Waals surface area contributed by atoms with Gasteiger partial charge in [0.05, 0.1) is 6.61 Å². The lowest BCUT2D eigenvalue weighted by Gasteiger charge is -2.23. The number of likely N-dealkylation sites (tertiary alicyclic amines) is 1. The molecule has 3 rings (SSSR count). The Morgan fingerprint density at radius 1 is 1.20 bits per heavy atom. The van der Waals surface area contributed by atoms with Crippen LogP contribution in [0.3, 0.4) is 0 Å². The number of aliphatic imine (C=N–C) groups is 1. The van der Waals surface area contributed by atoms with Gasteiger partial charge in [-0.05, 0) is 43.0 Å². The molecule has 138 valence electrons. The van der Waals surface area contributed by atoms with Gasteiger partial charge in [0.15, 0.2) is 5.96 Å². The van der Waals surface area contributed by atoms with E-state index in [1.54, 1.807) is 7.11 Å². The molecule has 6 heteroatoms. The molecule has 0 spiro atoms. The van der Waals surface area contributed by atoms with Crippen LogP contribution in [0.4, 0.5) is 5.69 Å². The molecule has 5 nitrogen and oxygen atoms in total. The quantitative estimate of drug-likeness (QED) is 0.600. The summed E-state index contributed by atoms with van der Waals surface area (Å²) in [5.41, 5.74) is 1.32. The van der Waals surface area contributed by atoms with Crippen molar-refractivity contribution in [2.75, 3.05) is 58.4 Å². The summed E-state index contributed by atoms with van der Waals surface area (Å²) < 4.78 is 6.43. The van der Waals surface area contributed by atoms with Crippen molar-refractivity contribution in [3.05, 3.63) is 28.7 Å². The minimum Gasteiger partial charge on any atom is -0.384 e. The lowest BCUT2D eigenvalue weighted by molar-refractivity contribution is 0.157. The number of guanidine groups is 1. The molecule has 0 radical (unpaired) electrons. The van der Waals surface area contributed by atoms with Gasteiger partial charge < -0.3 is 19.9 Å². The lowest BCUT2D eigenvalue weighted by atomic mass is 10.1. The Balaban J connectivity index is 1.46. The third kappa shape index (κ3) is 4.88. The largest absolute Gasteiger partial charge is 0.384 e. The maximum absolute atomic E-state index is 5.29. The molecule has 0 bridgehead atoms. The van der Waals surface area contributed by atoms with Gasteiger partial charge in [-0.2, -0.15) is 0 Å². The number of nitrogens with zero attached hydrogens (tertiary/aromatic N) is 3. The van der Waals surface area contributed by atoms with Crippen LogP contribution in [-0.4, -0.2) is 64.3 Å². The minimum absolute atomic E-state index is 0.628. The maximum atomic E-state index is 5.29. The number of ether oxygens (including phenoxy) is 1. The first kappa shape index (κ1) is 18.5. The van der Waals surface area contributed by atoms with Gasteiger partial charge >= 0.3 is 0 Å².